The number of aryl methyl sites for hydroxylation is 1. The van der Waals surface area contributed by atoms with Crippen LogP contribution in [0.25, 0.3) is 0 Å². The molecule has 0 aliphatic rings. The molecule has 2 rings (SSSR count). The molecule has 0 bridgehead atoms. The lowest BCUT2D eigenvalue weighted by Gasteiger charge is -2.04. The van der Waals surface area contributed by atoms with E-state index in [1.807, 2.05) is 6.92 Å². The van der Waals surface area contributed by atoms with E-state index in [0.717, 1.165) is 16.0 Å². The summed E-state index contributed by atoms with van der Waals surface area (Å²) >= 11 is 2.85. The van der Waals surface area contributed by atoms with Gasteiger partial charge in [0.25, 0.3) is 0 Å². The Balaban J connectivity index is 2.12. The van der Waals surface area contributed by atoms with Crippen molar-refractivity contribution >= 4 is 34.1 Å². The van der Waals surface area contributed by atoms with Crippen molar-refractivity contribution in [1.29, 1.82) is 0 Å². The molecule has 7 heteroatoms. The van der Waals surface area contributed by atoms with E-state index in [9.17, 15) is 9.18 Å². The molecule has 0 unspecified atom stereocenters. The third-order valence-corrected chi connectivity index (χ3v) is 4.86. The van der Waals surface area contributed by atoms with Crippen LogP contribution in [0.3, 0.4) is 0 Å². The summed E-state index contributed by atoms with van der Waals surface area (Å²) in [4.78, 5) is 15.0. The Bertz CT molecular complexity index is 627. The number of nitrogens with two attached hydrogens (primary N) is 2. The molecule has 1 heterocycles. The Morgan fingerprint density at radius 1 is 1.53 bits per heavy atom. The summed E-state index contributed by atoms with van der Waals surface area (Å²) in [6.45, 7) is 1.86. The van der Waals surface area contributed by atoms with Crippen molar-refractivity contribution in [2.75, 3.05) is 5.73 Å². The first-order valence-electron chi connectivity index (χ1n) is 5.41. The van der Waals surface area contributed by atoms with Crippen molar-refractivity contribution in [3.63, 3.8) is 0 Å². The zero-order chi connectivity index (χ0) is 14.0. The van der Waals surface area contributed by atoms with Gasteiger partial charge in [0, 0.05) is 11.3 Å². The Kier molecular flexibility index (Phi) is 4.06. The summed E-state index contributed by atoms with van der Waals surface area (Å²) < 4.78 is 14.7. The van der Waals surface area contributed by atoms with Crippen LogP contribution in [0.15, 0.2) is 22.4 Å². The molecule has 0 aliphatic heterocycles. The van der Waals surface area contributed by atoms with Crippen LogP contribution in [0.2, 0.25) is 0 Å². The maximum atomic E-state index is 13.8. The average Bonchev–Trinajstić information content (AvgIpc) is 2.66. The maximum Gasteiger partial charge on any atom is 0.248 e. The molecule has 0 saturated carbocycles. The van der Waals surface area contributed by atoms with E-state index in [0.29, 0.717) is 16.4 Å². The lowest BCUT2D eigenvalue weighted by Crippen LogP contribution is -2.11. The summed E-state index contributed by atoms with van der Waals surface area (Å²) in [6, 6.07) is 4.25. The predicted molar refractivity (Wildman–Crippen MR) is 75.7 cm³/mol. The second-order valence-electron chi connectivity index (χ2n) is 3.88. The molecule has 0 radical (unpaired) electrons. The van der Waals surface area contributed by atoms with Crippen LogP contribution in [-0.4, -0.2) is 10.9 Å². The zero-order valence-corrected chi connectivity index (χ0v) is 11.8. The Labute approximate surface area is 118 Å². The Morgan fingerprint density at radius 2 is 2.26 bits per heavy atom. The van der Waals surface area contributed by atoms with Crippen LogP contribution < -0.4 is 11.5 Å². The summed E-state index contributed by atoms with van der Waals surface area (Å²) in [5, 5.41) is 0.504. The van der Waals surface area contributed by atoms with Crippen LogP contribution in [0, 0.1) is 12.7 Å². The molecule has 4 nitrogen and oxygen atoms in total. The quantitative estimate of drug-likeness (QED) is 0.850. The van der Waals surface area contributed by atoms with Crippen molar-refractivity contribution in [1.82, 2.24) is 4.98 Å². The molecule has 0 aliphatic carbocycles. The van der Waals surface area contributed by atoms with Gasteiger partial charge in [-0.25, -0.2) is 9.37 Å². The number of nitrogen functional groups attached to an aromatic ring is 1. The number of thioether (sulfide) groups is 1. The van der Waals surface area contributed by atoms with E-state index < -0.39 is 11.7 Å². The van der Waals surface area contributed by atoms with Gasteiger partial charge in [0.15, 0.2) is 5.13 Å². The van der Waals surface area contributed by atoms with Gasteiger partial charge in [0.2, 0.25) is 5.91 Å². The van der Waals surface area contributed by atoms with Gasteiger partial charge < -0.3 is 11.5 Å². The van der Waals surface area contributed by atoms with E-state index >= 15 is 0 Å². The number of primary amides is 1. The van der Waals surface area contributed by atoms with Crippen molar-refractivity contribution in [3.8, 4) is 0 Å². The van der Waals surface area contributed by atoms with E-state index in [1.165, 1.54) is 29.2 Å². The highest BCUT2D eigenvalue weighted by Gasteiger charge is 2.10. The number of carbonyl (C=O) groups is 1. The molecule has 100 valence electrons. The molecule has 19 heavy (non-hydrogen) atoms. The molecule has 4 N–H and O–H groups in total. The summed E-state index contributed by atoms with van der Waals surface area (Å²) in [5.41, 5.74) is 12.2. The lowest BCUT2D eigenvalue weighted by atomic mass is 10.1. The number of thiazole rings is 1. The number of hydrogen-bond acceptors (Lipinski definition) is 5. The second-order valence-corrected chi connectivity index (χ2v) is 6.16. The van der Waals surface area contributed by atoms with Gasteiger partial charge in [0.05, 0.1) is 9.90 Å². The smallest absolute Gasteiger partial charge is 0.248 e. The Morgan fingerprint density at radius 3 is 2.79 bits per heavy atom. The minimum absolute atomic E-state index is 0.171. The third kappa shape index (κ3) is 3.24. The first kappa shape index (κ1) is 13.8. The number of halogens is 1. The molecule has 0 spiro atoms. The fourth-order valence-corrected chi connectivity index (χ4v) is 3.51. The first-order chi connectivity index (χ1) is 8.97. The predicted octanol–water partition coefficient (Wildman–Crippen LogP) is 2.56. The molecule has 0 atom stereocenters. The minimum atomic E-state index is -0.635. The lowest BCUT2D eigenvalue weighted by molar-refractivity contribution is 0.1000. The molecular weight excluding hydrogens is 285 g/mol. The fraction of sp³-hybridized carbons (Fsp3) is 0.167. The van der Waals surface area contributed by atoms with Crippen LogP contribution in [0.1, 0.15) is 21.6 Å². The number of benzene rings is 1. The highest BCUT2D eigenvalue weighted by atomic mass is 32.2. The molecule has 1 amide bonds. The van der Waals surface area contributed by atoms with Crippen LogP contribution in [0.5, 0.6) is 0 Å². The number of rotatable bonds is 4. The summed E-state index contributed by atoms with van der Waals surface area (Å²) in [5.74, 6) is -0.615. The zero-order valence-electron chi connectivity index (χ0n) is 10.1. The second kappa shape index (κ2) is 5.58. The number of aromatic nitrogens is 1. The van der Waals surface area contributed by atoms with Gasteiger partial charge >= 0.3 is 0 Å². The van der Waals surface area contributed by atoms with Gasteiger partial charge in [-0.05, 0) is 24.6 Å². The number of carbonyl (C=O) groups excluding carboxylic acids is 1. The number of nitrogens with zero attached hydrogens (tertiary/aromatic N) is 1. The first-order valence-corrected chi connectivity index (χ1v) is 7.21. The minimum Gasteiger partial charge on any atom is -0.375 e. The van der Waals surface area contributed by atoms with Crippen molar-refractivity contribution < 1.29 is 9.18 Å². The van der Waals surface area contributed by atoms with Crippen molar-refractivity contribution in [3.05, 3.63) is 40.8 Å². The number of amides is 1. The summed E-state index contributed by atoms with van der Waals surface area (Å²) in [6.07, 6.45) is 0. The normalized spacial score (nSPS) is 10.6. The third-order valence-electron chi connectivity index (χ3n) is 2.47. The van der Waals surface area contributed by atoms with Gasteiger partial charge in [0.1, 0.15) is 5.82 Å². The van der Waals surface area contributed by atoms with Crippen LogP contribution in [-0.2, 0) is 5.75 Å². The Hall–Kier alpha value is -1.60. The van der Waals surface area contributed by atoms with Gasteiger partial charge in [-0.15, -0.1) is 11.8 Å². The van der Waals surface area contributed by atoms with Crippen LogP contribution >= 0.6 is 23.1 Å². The standard InChI is InChI=1S/C12H12FN3OS2/c1-6-11(19-12(15)16-6)18-5-8-3-2-7(10(14)17)4-9(8)13/h2-4H,5H2,1H3,(H2,14,17)(H2,15,16). The van der Waals surface area contributed by atoms with Crippen LogP contribution in [0.4, 0.5) is 9.52 Å². The highest BCUT2D eigenvalue weighted by Crippen LogP contribution is 2.33. The van der Waals surface area contributed by atoms with Gasteiger partial charge in [-0.1, -0.05) is 17.4 Å². The number of hydrogen-bond donors (Lipinski definition) is 2. The molecule has 0 saturated heterocycles. The SMILES string of the molecule is Cc1nc(N)sc1SCc1ccc(C(N)=O)cc1F. The van der Waals surface area contributed by atoms with E-state index in [1.54, 1.807) is 6.07 Å². The molecule has 2 aromatic rings. The van der Waals surface area contributed by atoms with Crippen molar-refractivity contribution in [2.45, 2.75) is 16.9 Å². The molecule has 1 aromatic heterocycles. The summed E-state index contributed by atoms with van der Waals surface area (Å²) in [7, 11) is 0. The molecular formula is C12H12FN3OS2. The van der Waals surface area contributed by atoms with Crippen molar-refractivity contribution in [2.24, 2.45) is 5.73 Å². The van der Waals surface area contributed by atoms with E-state index in [4.69, 9.17) is 11.5 Å². The van der Waals surface area contributed by atoms with E-state index in [2.05, 4.69) is 4.98 Å². The topological polar surface area (TPSA) is 82.0 Å². The number of anilines is 1. The highest BCUT2D eigenvalue weighted by molar-refractivity contribution is 8.00. The average molecular weight is 297 g/mol. The van der Waals surface area contributed by atoms with Gasteiger partial charge in [-0.2, -0.15) is 0 Å². The van der Waals surface area contributed by atoms with E-state index in [-0.39, 0.29) is 5.56 Å². The molecule has 0 fully saturated rings. The molecule has 1 aromatic carbocycles. The maximum absolute atomic E-state index is 13.8. The monoisotopic (exact) mass is 297 g/mol. The largest absolute Gasteiger partial charge is 0.375 e. The fourth-order valence-electron chi connectivity index (χ4n) is 1.50. The van der Waals surface area contributed by atoms with Gasteiger partial charge in [-0.3, -0.25) is 4.79 Å².